The molecule has 0 aromatic carbocycles. The maximum absolute atomic E-state index is 13.2. The van der Waals surface area contributed by atoms with Gasteiger partial charge in [0.25, 0.3) is 0 Å². The van der Waals surface area contributed by atoms with Gasteiger partial charge in [0.05, 0.1) is 63.8 Å². The molecule has 0 amide bonds. The topological polar surface area (TPSA) is 228 Å². The lowest BCUT2D eigenvalue weighted by Crippen LogP contribution is -2.31. The van der Waals surface area contributed by atoms with Crippen LogP contribution in [-0.2, 0) is 59.6 Å². The van der Waals surface area contributed by atoms with E-state index in [2.05, 4.69) is 12.6 Å². The fourth-order valence-corrected chi connectivity index (χ4v) is 8.46. The Balaban J connectivity index is 1.55. The largest absolute Gasteiger partial charge is 0.475 e. The first-order valence-electron chi connectivity index (χ1n) is 14.6. The minimum absolute atomic E-state index is 0.0271. The van der Waals surface area contributed by atoms with Gasteiger partial charge in [0, 0.05) is 18.0 Å². The van der Waals surface area contributed by atoms with Gasteiger partial charge < -0.3 is 29.1 Å². The van der Waals surface area contributed by atoms with E-state index in [4.69, 9.17) is 51.1 Å². The molecule has 17 nitrogen and oxygen atoms in total. The smallest absolute Gasteiger partial charge is 0.394 e. The van der Waals surface area contributed by atoms with Gasteiger partial charge in [-0.25, -0.2) is 13.7 Å². The number of nitrogens with zero attached hydrogens (tertiary/aromatic N) is 1. The molecule has 3 aliphatic heterocycles. The highest BCUT2D eigenvalue weighted by Gasteiger charge is 2.45. The van der Waals surface area contributed by atoms with Gasteiger partial charge in [0.15, 0.2) is 0 Å². The molecule has 256 valence electrons. The van der Waals surface area contributed by atoms with E-state index in [-0.39, 0.29) is 50.9 Å². The van der Waals surface area contributed by atoms with Crippen LogP contribution in [-0.4, -0.2) is 132 Å². The summed E-state index contributed by atoms with van der Waals surface area (Å²) in [5.74, 6) is 0.467. The Hall–Kier alpha value is 0.205. The van der Waals surface area contributed by atoms with Crippen molar-refractivity contribution < 1.29 is 74.5 Å². The zero-order chi connectivity index (χ0) is 33.3. The third-order valence-electron chi connectivity index (χ3n) is 6.96. The Bertz CT molecular complexity index is 1130. The number of aliphatic hydroxyl groups excluding tert-OH is 1. The summed E-state index contributed by atoms with van der Waals surface area (Å²) in [4.78, 5) is 20.8. The third-order valence-corrected chi connectivity index (χ3v) is 10.8. The van der Waals surface area contributed by atoms with E-state index >= 15 is 0 Å². The Morgan fingerprint density at radius 1 is 0.756 bits per heavy atom. The van der Waals surface area contributed by atoms with Crippen LogP contribution in [0.25, 0.3) is 0 Å². The average Bonchev–Trinajstić information content (AvgIpc) is 3.60. The monoisotopic (exact) mass is 721 g/mol. The van der Waals surface area contributed by atoms with Gasteiger partial charge in [0.1, 0.15) is 41.9 Å². The van der Waals surface area contributed by atoms with Crippen LogP contribution in [0, 0.1) is 11.3 Å². The van der Waals surface area contributed by atoms with Crippen molar-refractivity contribution in [1.82, 2.24) is 0 Å². The maximum Gasteiger partial charge on any atom is 0.475 e. The van der Waals surface area contributed by atoms with Crippen LogP contribution < -0.4 is 0 Å². The van der Waals surface area contributed by atoms with E-state index in [9.17, 15) is 28.6 Å². The summed E-state index contributed by atoms with van der Waals surface area (Å²) in [7, 11) is -8.37. The molecule has 24 heteroatoms. The molecule has 12 atom stereocenters. The summed E-state index contributed by atoms with van der Waals surface area (Å²) >= 11 is 4.09. The van der Waals surface area contributed by atoms with Gasteiger partial charge in [-0.3, -0.25) is 31.7 Å². The van der Waals surface area contributed by atoms with E-state index in [0.717, 1.165) is 0 Å². The number of hydrogen-bond donors (Lipinski definition) is 4. The Labute approximate surface area is 270 Å². The number of rotatable bonds is 20. The van der Waals surface area contributed by atoms with E-state index in [0.29, 0.717) is 12.2 Å². The standard InChI is InChI=1S/C21H41B3NO16P3S/c22-19-7-13(16(10-26)36-19)39-42(27,28)34-11-17-14(8-20(23)37-17)40-43(29,30)35-12-18-15(9-21(24)38-18)41-44(31,32-4-1-3-25)33-5-2-6-45/h13-21,26,45H,1-2,4-12,22-24H2,(H,27,28)(H,29,30)/t13-,14-,15-,16-,17-,18-,19-,20-,21-,44?/m1/s1. The van der Waals surface area contributed by atoms with E-state index in [1.165, 1.54) is 0 Å². The van der Waals surface area contributed by atoms with Crippen molar-refractivity contribution in [3.8, 4) is 6.07 Å². The molecule has 0 bridgehead atoms. The number of nitriles is 1. The lowest BCUT2D eigenvalue weighted by molar-refractivity contribution is -0.0330. The van der Waals surface area contributed by atoms with Crippen LogP contribution in [0.5, 0.6) is 0 Å². The second-order valence-electron chi connectivity index (χ2n) is 10.9. The van der Waals surface area contributed by atoms with Gasteiger partial charge in [-0.2, -0.15) is 17.9 Å². The number of phosphoric ester groups is 3. The first-order chi connectivity index (χ1) is 21.2. The minimum Gasteiger partial charge on any atom is -0.394 e. The molecule has 3 fully saturated rings. The first-order valence-corrected chi connectivity index (χ1v) is 19.7. The predicted molar refractivity (Wildman–Crippen MR) is 167 cm³/mol. The van der Waals surface area contributed by atoms with Gasteiger partial charge in [-0.05, 0) is 31.4 Å². The fourth-order valence-electron chi connectivity index (χ4n) is 4.99. The molecule has 3 unspecified atom stereocenters. The summed E-state index contributed by atoms with van der Waals surface area (Å²) in [5, 5.41) is 18.2. The molecule has 0 aliphatic carbocycles. The summed E-state index contributed by atoms with van der Waals surface area (Å²) in [6.45, 7) is -1.57. The van der Waals surface area contributed by atoms with Crippen LogP contribution in [0.15, 0.2) is 0 Å². The summed E-state index contributed by atoms with van der Waals surface area (Å²) in [6, 6.07) is 0.757. The van der Waals surface area contributed by atoms with Crippen molar-refractivity contribution >= 4 is 59.6 Å². The second kappa shape index (κ2) is 18.3. The first kappa shape index (κ1) is 39.6. The van der Waals surface area contributed by atoms with E-state index < -0.39 is 85.9 Å². The third kappa shape index (κ3) is 13.2. The molecule has 45 heavy (non-hydrogen) atoms. The predicted octanol–water partition coefficient (Wildman–Crippen LogP) is -1.01. The van der Waals surface area contributed by atoms with Crippen LogP contribution in [0.2, 0.25) is 0 Å². The molecule has 3 rings (SSSR count). The second-order valence-corrected chi connectivity index (χ2v) is 15.8. The quantitative estimate of drug-likeness (QED) is 0.0511. The fraction of sp³-hybridized carbons (Fsp3) is 0.952. The van der Waals surface area contributed by atoms with Gasteiger partial charge in [-0.15, -0.1) is 0 Å². The van der Waals surface area contributed by atoms with Gasteiger partial charge in [-0.1, -0.05) is 0 Å². The molecular formula is C21H41B3NO16P3S. The normalized spacial score (nSPS) is 35.8. The van der Waals surface area contributed by atoms with Crippen molar-refractivity contribution in [1.29, 1.82) is 5.26 Å². The number of aliphatic hydroxyl groups is 1. The number of phosphoric acid groups is 3. The molecule has 0 saturated carbocycles. The van der Waals surface area contributed by atoms with Crippen LogP contribution in [0.3, 0.4) is 0 Å². The molecule has 0 aromatic heterocycles. The number of ether oxygens (including phenoxy) is 3. The molecule has 0 radical (unpaired) electrons. The van der Waals surface area contributed by atoms with E-state index in [1.54, 1.807) is 23.5 Å². The zero-order valence-corrected chi connectivity index (χ0v) is 28.9. The summed E-state index contributed by atoms with van der Waals surface area (Å²) < 4.78 is 92.8. The summed E-state index contributed by atoms with van der Waals surface area (Å²) in [6.07, 6.45) is -4.51. The van der Waals surface area contributed by atoms with Crippen molar-refractivity contribution in [3.05, 3.63) is 0 Å². The van der Waals surface area contributed by atoms with Crippen LogP contribution >= 0.6 is 36.1 Å². The highest BCUT2D eigenvalue weighted by atomic mass is 32.1. The molecule has 3 heterocycles. The van der Waals surface area contributed by atoms with Crippen LogP contribution in [0.1, 0.15) is 32.1 Å². The van der Waals surface area contributed by atoms with Gasteiger partial charge in [0.2, 0.25) is 0 Å². The lowest BCUT2D eigenvalue weighted by atomic mass is 9.96. The van der Waals surface area contributed by atoms with Gasteiger partial charge >= 0.3 is 23.5 Å². The number of hydrogen-bond acceptors (Lipinski definition) is 16. The lowest BCUT2D eigenvalue weighted by Gasteiger charge is -2.26. The molecular weight excluding hydrogens is 680 g/mol. The highest BCUT2D eigenvalue weighted by molar-refractivity contribution is 7.80. The van der Waals surface area contributed by atoms with Crippen LogP contribution in [0.4, 0.5) is 0 Å². The molecule has 3 aliphatic rings. The van der Waals surface area contributed by atoms with Crippen molar-refractivity contribution in [3.63, 3.8) is 0 Å². The van der Waals surface area contributed by atoms with E-state index in [1.807, 2.05) is 6.07 Å². The Morgan fingerprint density at radius 3 is 1.67 bits per heavy atom. The molecule has 3 N–H and O–H groups in total. The highest BCUT2D eigenvalue weighted by Crippen LogP contribution is 2.54. The SMILES string of the molecule is B[C@H]1C[C@@H](OP(=O)(O)OC[C@H]2O[C@@H](B)C[C@H]2OP(=O)(O)OC[C@H]2O[C@@H](B)C[C@H]2OP(=O)(OCCC#N)OCCCS)[C@@H](CO)O1. The van der Waals surface area contributed by atoms with Crippen molar-refractivity contribution in [2.75, 3.05) is 38.8 Å². The maximum atomic E-state index is 13.2. The number of thiol groups is 1. The Kier molecular flexibility index (Phi) is 16.1. The molecule has 0 spiro atoms. The molecule has 3 saturated heterocycles. The Morgan fingerprint density at radius 2 is 1.20 bits per heavy atom. The zero-order valence-electron chi connectivity index (χ0n) is 25.4. The molecule has 0 aromatic rings. The van der Waals surface area contributed by atoms with Crippen molar-refractivity contribution in [2.24, 2.45) is 0 Å². The van der Waals surface area contributed by atoms with Crippen molar-refractivity contribution in [2.45, 2.75) is 86.7 Å². The average molecular weight is 721 g/mol. The minimum atomic E-state index is -4.76. The summed E-state index contributed by atoms with van der Waals surface area (Å²) in [5.41, 5.74) is 0.